The summed E-state index contributed by atoms with van der Waals surface area (Å²) < 4.78 is 0. The van der Waals surface area contributed by atoms with Gasteiger partial charge in [-0.15, -0.1) is 0 Å². The number of H-pyrrole nitrogens is 1. The van der Waals surface area contributed by atoms with Gasteiger partial charge in [0, 0.05) is 18.3 Å². The molecular weight excluding hydrogens is 198 g/mol. The van der Waals surface area contributed by atoms with E-state index < -0.39 is 0 Å². The number of nitrogens with one attached hydrogen (secondary N) is 2. The second kappa shape index (κ2) is 4.00. The molecule has 0 saturated carbocycles. The van der Waals surface area contributed by atoms with Gasteiger partial charge in [-0.25, -0.2) is 4.98 Å². The average Bonchev–Trinajstić information content (AvgIpc) is 2.60. The Morgan fingerprint density at radius 2 is 1.94 bits per heavy atom. The van der Waals surface area contributed by atoms with E-state index in [9.17, 15) is 0 Å². The topological polar surface area (TPSA) is 40.7 Å². The predicted octanol–water partition coefficient (Wildman–Crippen LogP) is 3.04. The lowest BCUT2D eigenvalue weighted by Crippen LogP contribution is -1.89. The Labute approximate surface area is 95.9 Å². The van der Waals surface area contributed by atoms with Crippen LogP contribution >= 0.6 is 0 Å². The first-order valence-corrected chi connectivity index (χ1v) is 5.44. The van der Waals surface area contributed by atoms with Crippen molar-refractivity contribution in [1.29, 1.82) is 0 Å². The number of benzene rings is 1. The maximum absolute atomic E-state index is 4.52. The van der Waals surface area contributed by atoms with Crippen molar-refractivity contribution >= 4 is 5.95 Å². The second-order valence-corrected chi connectivity index (χ2v) is 4.13. The van der Waals surface area contributed by atoms with Crippen molar-refractivity contribution in [2.75, 3.05) is 12.4 Å². The molecule has 3 nitrogen and oxygen atoms in total. The number of rotatable bonds is 2. The van der Waals surface area contributed by atoms with Gasteiger partial charge in [0.05, 0.1) is 5.69 Å². The van der Waals surface area contributed by atoms with Gasteiger partial charge in [0.1, 0.15) is 0 Å². The summed E-state index contributed by atoms with van der Waals surface area (Å²) in [4.78, 5) is 7.73. The van der Waals surface area contributed by atoms with Crippen LogP contribution in [0.4, 0.5) is 5.95 Å². The third-order valence-corrected chi connectivity index (χ3v) is 2.76. The average molecular weight is 215 g/mol. The highest BCUT2D eigenvalue weighted by atomic mass is 15.1. The van der Waals surface area contributed by atoms with Crippen molar-refractivity contribution in [3.05, 3.63) is 35.0 Å². The lowest BCUT2D eigenvalue weighted by molar-refractivity contribution is 1.23. The van der Waals surface area contributed by atoms with E-state index in [2.05, 4.69) is 47.3 Å². The van der Waals surface area contributed by atoms with Gasteiger partial charge in [-0.05, 0) is 26.3 Å². The molecule has 1 aromatic carbocycles. The second-order valence-electron chi connectivity index (χ2n) is 4.13. The quantitative estimate of drug-likeness (QED) is 0.808. The minimum atomic E-state index is 0.812. The molecule has 0 fully saturated rings. The van der Waals surface area contributed by atoms with E-state index in [1.54, 1.807) is 0 Å². The Morgan fingerprint density at radius 1 is 1.19 bits per heavy atom. The van der Waals surface area contributed by atoms with E-state index in [-0.39, 0.29) is 0 Å². The van der Waals surface area contributed by atoms with Crippen LogP contribution in [0.25, 0.3) is 11.3 Å². The molecule has 0 radical (unpaired) electrons. The fourth-order valence-corrected chi connectivity index (χ4v) is 1.92. The summed E-state index contributed by atoms with van der Waals surface area (Å²) >= 11 is 0. The minimum absolute atomic E-state index is 0.812. The van der Waals surface area contributed by atoms with E-state index in [1.807, 2.05) is 14.0 Å². The summed E-state index contributed by atoms with van der Waals surface area (Å²) in [6, 6.07) is 6.44. The number of hydrogen-bond acceptors (Lipinski definition) is 2. The molecule has 16 heavy (non-hydrogen) atoms. The Kier molecular flexibility index (Phi) is 2.69. The van der Waals surface area contributed by atoms with Gasteiger partial charge in [0.25, 0.3) is 0 Å². The third-order valence-electron chi connectivity index (χ3n) is 2.76. The number of aromatic nitrogens is 2. The first-order chi connectivity index (χ1) is 7.61. The summed E-state index contributed by atoms with van der Waals surface area (Å²) in [6.07, 6.45) is 0. The first kappa shape index (κ1) is 10.7. The normalized spacial score (nSPS) is 10.5. The maximum atomic E-state index is 4.52. The summed E-state index contributed by atoms with van der Waals surface area (Å²) in [7, 11) is 1.87. The number of anilines is 1. The SMILES string of the molecule is CNc1nc(-c2ccc(C)cc2C)c(C)[nH]1. The number of imidazole rings is 1. The van der Waals surface area contributed by atoms with Crippen LogP contribution in [-0.2, 0) is 0 Å². The molecule has 3 heteroatoms. The minimum Gasteiger partial charge on any atom is -0.359 e. The van der Waals surface area contributed by atoms with Gasteiger partial charge in [0.15, 0.2) is 0 Å². The third kappa shape index (κ3) is 1.81. The Morgan fingerprint density at radius 3 is 2.50 bits per heavy atom. The van der Waals surface area contributed by atoms with E-state index >= 15 is 0 Å². The highest BCUT2D eigenvalue weighted by Crippen LogP contribution is 2.26. The fraction of sp³-hybridized carbons (Fsp3) is 0.308. The van der Waals surface area contributed by atoms with Crippen molar-refractivity contribution < 1.29 is 0 Å². The van der Waals surface area contributed by atoms with Crippen LogP contribution in [0.2, 0.25) is 0 Å². The van der Waals surface area contributed by atoms with E-state index in [0.29, 0.717) is 0 Å². The molecule has 2 N–H and O–H groups in total. The molecule has 2 aromatic rings. The molecule has 0 bridgehead atoms. The van der Waals surface area contributed by atoms with Gasteiger partial charge < -0.3 is 10.3 Å². The van der Waals surface area contributed by atoms with Crippen LogP contribution in [-0.4, -0.2) is 17.0 Å². The zero-order chi connectivity index (χ0) is 11.7. The molecule has 0 spiro atoms. The fourth-order valence-electron chi connectivity index (χ4n) is 1.92. The van der Waals surface area contributed by atoms with Gasteiger partial charge in [0.2, 0.25) is 5.95 Å². The van der Waals surface area contributed by atoms with Crippen LogP contribution in [0.15, 0.2) is 18.2 Å². The summed E-state index contributed by atoms with van der Waals surface area (Å²) in [5.41, 5.74) is 5.86. The lowest BCUT2D eigenvalue weighted by atomic mass is 10.0. The molecule has 2 rings (SSSR count). The Bertz CT molecular complexity index is 512. The van der Waals surface area contributed by atoms with Gasteiger partial charge >= 0.3 is 0 Å². The zero-order valence-corrected chi connectivity index (χ0v) is 10.2. The highest BCUT2D eigenvalue weighted by Gasteiger charge is 2.10. The van der Waals surface area contributed by atoms with Crippen molar-refractivity contribution in [3.63, 3.8) is 0 Å². The monoisotopic (exact) mass is 215 g/mol. The van der Waals surface area contributed by atoms with Crippen molar-refractivity contribution in [2.24, 2.45) is 0 Å². The van der Waals surface area contributed by atoms with E-state index in [1.165, 1.54) is 16.7 Å². The van der Waals surface area contributed by atoms with Gasteiger partial charge in [-0.3, -0.25) is 0 Å². The smallest absolute Gasteiger partial charge is 0.200 e. The Balaban J connectivity index is 2.53. The highest BCUT2D eigenvalue weighted by molar-refractivity contribution is 5.67. The van der Waals surface area contributed by atoms with Gasteiger partial charge in [-0.2, -0.15) is 0 Å². The van der Waals surface area contributed by atoms with Crippen molar-refractivity contribution in [2.45, 2.75) is 20.8 Å². The largest absolute Gasteiger partial charge is 0.359 e. The van der Waals surface area contributed by atoms with Crippen LogP contribution in [0.1, 0.15) is 16.8 Å². The van der Waals surface area contributed by atoms with Crippen LogP contribution in [0.3, 0.4) is 0 Å². The molecule has 0 atom stereocenters. The molecule has 84 valence electrons. The summed E-state index contributed by atoms with van der Waals surface area (Å²) in [5, 5.41) is 3.02. The molecular formula is C13H17N3. The molecule has 0 unspecified atom stereocenters. The van der Waals surface area contributed by atoms with E-state index in [4.69, 9.17) is 0 Å². The number of hydrogen-bond donors (Lipinski definition) is 2. The number of aromatic amines is 1. The molecule has 1 heterocycles. The van der Waals surface area contributed by atoms with Gasteiger partial charge in [-0.1, -0.05) is 23.8 Å². The number of aryl methyl sites for hydroxylation is 3. The standard InChI is InChI=1S/C13H17N3/c1-8-5-6-11(9(2)7-8)12-10(3)15-13(14-4)16-12/h5-7H,1-4H3,(H2,14,15,16). The van der Waals surface area contributed by atoms with Crippen LogP contribution in [0.5, 0.6) is 0 Å². The molecule has 0 aliphatic rings. The summed E-state index contributed by atoms with van der Waals surface area (Å²) in [6.45, 7) is 6.27. The summed E-state index contributed by atoms with van der Waals surface area (Å²) in [5.74, 6) is 0.812. The first-order valence-electron chi connectivity index (χ1n) is 5.44. The zero-order valence-electron chi connectivity index (χ0n) is 10.2. The molecule has 1 aromatic heterocycles. The van der Waals surface area contributed by atoms with Crippen LogP contribution < -0.4 is 5.32 Å². The predicted molar refractivity (Wildman–Crippen MR) is 67.8 cm³/mol. The molecule has 0 amide bonds. The maximum Gasteiger partial charge on any atom is 0.200 e. The molecule has 0 aliphatic heterocycles. The van der Waals surface area contributed by atoms with Crippen molar-refractivity contribution in [1.82, 2.24) is 9.97 Å². The molecule has 0 saturated heterocycles. The number of nitrogens with zero attached hydrogens (tertiary/aromatic N) is 1. The van der Waals surface area contributed by atoms with E-state index in [0.717, 1.165) is 17.3 Å². The molecule has 0 aliphatic carbocycles. The van der Waals surface area contributed by atoms with Crippen LogP contribution in [0, 0.1) is 20.8 Å². The lowest BCUT2D eigenvalue weighted by Gasteiger charge is -2.04. The van der Waals surface area contributed by atoms with Crippen molar-refractivity contribution in [3.8, 4) is 11.3 Å². The Hall–Kier alpha value is -1.77.